The summed E-state index contributed by atoms with van der Waals surface area (Å²) in [5, 5.41) is 3.21. The third kappa shape index (κ3) is 4.65. The minimum atomic E-state index is -0.250. The van der Waals surface area contributed by atoms with Gasteiger partial charge in [0, 0.05) is 18.9 Å². The van der Waals surface area contributed by atoms with Gasteiger partial charge in [-0.05, 0) is 43.7 Å². The van der Waals surface area contributed by atoms with Crippen molar-refractivity contribution in [2.45, 2.75) is 39.7 Å². The molecule has 1 unspecified atom stereocenters. The smallest absolute Gasteiger partial charge is 0.138 e. The van der Waals surface area contributed by atoms with Crippen LogP contribution in [0.2, 0.25) is 0 Å². The van der Waals surface area contributed by atoms with Crippen LogP contribution in [-0.4, -0.2) is 18.4 Å². The minimum Gasteiger partial charge on any atom is -0.314 e. The summed E-state index contributed by atoms with van der Waals surface area (Å²) in [6.07, 6.45) is 0.909. The first-order chi connectivity index (χ1) is 8.02. The average molecular weight is 237 g/mol. The molecule has 1 aromatic rings. The molecular formula is C14H20FNO. The number of hydrogen-bond acceptors (Lipinski definition) is 2. The fraction of sp³-hybridized carbons (Fsp3) is 0.500. The topological polar surface area (TPSA) is 29.1 Å². The molecule has 0 bridgehead atoms. The molecule has 0 aromatic heterocycles. The summed E-state index contributed by atoms with van der Waals surface area (Å²) in [4.78, 5) is 11.8. The fourth-order valence-corrected chi connectivity index (χ4v) is 1.90. The third-order valence-corrected chi connectivity index (χ3v) is 2.78. The Morgan fingerprint density at radius 1 is 1.47 bits per heavy atom. The van der Waals surface area contributed by atoms with E-state index in [9.17, 15) is 9.18 Å². The number of Topliss-reactive ketones (excluding diaryl/α,β-unsaturated/α-hetero) is 1. The number of aryl methyl sites for hydroxylation is 1. The zero-order valence-electron chi connectivity index (χ0n) is 10.7. The van der Waals surface area contributed by atoms with Gasteiger partial charge in [-0.2, -0.15) is 0 Å². The summed E-state index contributed by atoms with van der Waals surface area (Å²) in [6.45, 7) is 6.72. The quantitative estimate of drug-likeness (QED) is 0.824. The van der Waals surface area contributed by atoms with Crippen molar-refractivity contribution >= 4 is 5.78 Å². The van der Waals surface area contributed by atoms with Crippen LogP contribution >= 0.6 is 0 Å². The van der Waals surface area contributed by atoms with Crippen molar-refractivity contribution in [1.29, 1.82) is 0 Å². The summed E-state index contributed by atoms with van der Waals surface area (Å²) < 4.78 is 12.9. The molecule has 0 saturated heterocycles. The minimum absolute atomic E-state index is 0.188. The molecule has 2 nitrogen and oxygen atoms in total. The van der Waals surface area contributed by atoms with Gasteiger partial charge in [-0.15, -0.1) is 0 Å². The molecule has 17 heavy (non-hydrogen) atoms. The Labute approximate surface area is 102 Å². The molecule has 0 radical (unpaired) electrons. The molecular weight excluding hydrogens is 217 g/mol. The Morgan fingerprint density at radius 2 is 2.18 bits per heavy atom. The van der Waals surface area contributed by atoms with Crippen LogP contribution in [0.5, 0.6) is 0 Å². The molecule has 1 atom stereocenters. The highest BCUT2D eigenvalue weighted by molar-refractivity contribution is 5.81. The van der Waals surface area contributed by atoms with Gasteiger partial charge in [0.15, 0.2) is 0 Å². The molecule has 0 amide bonds. The first kappa shape index (κ1) is 13.8. The Hall–Kier alpha value is -1.22. The summed E-state index contributed by atoms with van der Waals surface area (Å²) in [5.41, 5.74) is 1.76. The third-order valence-electron chi connectivity index (χ3n) is 2.78. The molecule has 0 saturated carbocycles. The zero-order valence-corrected chi connectivity index (χ0v) is 10.7. The van der Waals surface area contributed by atoms with Crippen molar-refractivity contribution in [2.75, 3.05) is 6.54 Å². The lowest BCUT2D eigenvalue weighted by Gasteiger charge is -2.11. The molecule has 0 aliphatic carbocycles. The van der Waals surface area contributed by atoms with Crippen LogP contribution < -0.4 is 5.32 Å². The van der Waals surface area contributed by atoms with Crippen LogP contribution in [0, 0.1) is 12.7 Å². The number of rotatable bonds is 6. The summed E-state index contributed by atoms with van der Waals surface area (Å²) in [7, 11) is 0. The maximum Gasteiger partial charge on any atom is 0.138 e. The molecule has 0 fully saturated rings. The Bertz CT molecular complexity index is 390. The van der Waals surface area contributed by atoms with Gasteiger partial charge in [0.2, 0.25) is 0 Å². The van der Waals surface area contributed by atoms with Crippen molar-refractivity contribution in [3.8, 4) is 0 Å². The molecule has 0 heterocycles. The van der Waals surface area contributed by atoms with Gasteiger partial charge in [0.1, 0.15) is 11.6 Å². The van der Waals surface area contributed by atoms with Gasteiger partial charge in [-0.1, -0.05) is 13.0 Å². The maximum atomic E-state index is 12.9. The van der Waals surface area contributed by atoms with E-state index in [1.807, 2.05) is 20.8 Å². The number of halogens is 1. The highest BCUT2D eigenvalue weighted by Crippen LogP contribution is 2.12. The van der Waals surface area contributed by atoms with E-state index >= 15 is 0 Å². The van der Waals surface area contributed by atoms with Gasteiger partial charge in [-0.3, -0.25) is 4.79 Å². The fourth-order valence-electron chi connectivity index (χ4n) is 1.90. The standard InChI is InChI=1S/C14H20FNO/c1-4-16-11(3)8-14(17)9-12-5-6-13(15)7-10(12)2/h5-7,11,16H,4,8-9H2,1-3H3. The van der Waals surface area contributed by atoms with Crippen molar-refractivity contribution in [2.24, 2.45) is 0 Å². The molecule has 0 aliphatic heterocycles. The van der Waals surface area contributed by atoms with Gasteiger partial charge >= 0.3 is 0 Å². The predicted molar refractivity (Wildman–Crippen MR) is 67.6 cm³/mol. The van der Waals surface area contributed by atoms with Crippen LogP contribution in [-0.2, 0) is 11.2 Å². The van der Waals surface area contributed by atoms with Crippen LogP contribution in [0.15, 0.2) is 18.2 Å². The van der Waals surface area contributed by atoms with Crippen molar-refractivity contribution in [1.82, 2.24) is 5.32 Å². The SMILES string of the molecule is CCNC(C)CC(=O)Cc1ccc(F)cc1C. The van der Waals surface area contributed by atoms with Gasteiger partial charge in [-0.25, -0.2) is 4.39 Å². The Kier molecular flexibility index (Phi) is 5.29. The van der Waals surface area contributed by atoms with Crippen LogP contribution in [0.1, 0.15) is 31.4 Å². The largest absolute Gasteiger partial charge is 0.314 e. The molecule has 0 aliphatic rings. The molecule has 1 aromatic carbocycles. The van der Waals surface area contributed by atoms with E-state index in [0.717, 1.165) is 17.7 Å². The highest BCUT2D eigenvalue weighted by atomic mass is 19.1. The van der Waals surface area contributed by atoms with E-state index in [2.05, 4.69) is 5.32 Å². The Morgan fingerprint density at radius 3 is 2.76 bits per heavy atom. The number of carbonyl (C=O) groups excluding carboxylic acids is 1. The molecule has 94 valence electrons. The van der Waals surface area contributed by atoms with E-state index in [-0.39, 0.29) is 17.6 Å². The highest BCUT2D eigenvalue weighted by Gasteiger charge is 2.10. The first-order valence-corrected chi connectivity index (χ1v) is 6.03. The molecule has 1 N–H and O–H groups in total. The lowest BCUT2D eigenvalue weighted by atomic mass is 10.00. The second-order valence-corrected chi connectivity index (χ2v) is 4.45. The number of benzene rings is 1. The van der Waals surface area contributed by atoms with E-state index in [1.54, 1.807) is 6.07 Å². The van der Waals surface area contributed by atoms with Crippen LogP contribution in [0.25, 0.3) is 0 Å². The monoisotopic (exact) mass is 237 g/mol. The second-order valence-electron chi connectivity index (χ2n) is 4.45. The number of hydrogen-bond donors (Lipinski definition) is 1. The first-order valence-electron chi connectivity index (χ1n) is 6.03. The summed E-state index contributed by atoms with van der Waals surface area (Å²) in [6, 6.07) is 4.77. The van der Waals surface area contributed by atoms with Crippen molar-refractivity contribution in [3.05, 3.63) is 35.1 Å². The van der Waals surface area contributed by atoms with Crippen LogP contribution in [0.3, 0.4) is 0 Å². The molecule has 1 rings (SSSR count). The van der Waals surface area contributed by atoms with Crippen LogP contribution in [0.4, 0.5) is 4.39 Å². The summed E-state index contributed by atoms with van der Waals surface area (Å²) >= 11 is 0. The normalized spacial score (nSPS) is 12.5. The maximum absolute atomic E-state index is 12.9. The summed E-state index contributed by atoms with van der Waals surface area (Å²) in [5.74, 6) is -0.0622. The van der Waals surface area contributed by atoms with E-state index in [0.29, 0.717) is 12.8 Å². The van der Waals surface area contributed by atoms with Crippen molar-refractivity contribution in [3.63, 3.8) is 0 Å². The lowest BCUT2D eigenvalue weighted by molar-refractivity contribution is -0.118. The predicted octanol–water partition coefficient (Wildman–Crippen LogP) is 2.63. The van der Waals surface area contributed by atoms with E-state index in [4.69, 9.17) is 0 Å². The number of nitrogens with one attached hydrogen (secondary N) is 1. The van der Waals surface area contributed by atoms with Gasteiger partial charge < -0.3 is 5.32 Å². The Balaban J connectivity index is 2.56. The van der Waals surface area contributed by atoms with E-state index in [1.165, 1.54) is 12.1 Å². The number of ketones is 1. The number of carbonyl (C=O) groups is 1. The second kappa shape index (κ2) is 6.50. The van der Waals surface area contributed by atoms with E-state index < -0.39 is 0 Å². The molecule has 3 heteroatoms. The zero-order chi connectivity index (χ0) is 12.8. The average Bonchev–Trinajstić information content (AvgIpc) is 2.22. The van der Waals surface area contributed by atoms with Gasteiger partial charge in [0.05, 0.1) is 0 Å². The van der Waals surface area contributed by atoms with Gasteiger partial charge in [0.25, 0.3) is 0 Å². The molecule has 0 spiro atoms. The lowest BCUT2D eigenvalue weighted by Crippen LogP contribution is -2.28. The van der Waals surface area contributed by atoms with Crippen molar-refractivity contribution < 1.29 is 9.18 Å².